The zero-order valence-electron chi connectivity index (χ0n) is 23.3. The number of anilines is 1. The molecule has 10 nitrogen and oxygen atoms in total. The Bertz CT molecular complexity index is 1400. The van der Waals surface area contributed by atoms with Crippen LogP contribution in [0.25, 0.3) is 0 Å². The Labute approximate surface area is 235 Å². The van der Waals surface area contributed by atoms with Crippen LogP contribution in [0.15, 0.2) is 77.7 Å². The van der Waals surface area contributed by atoms with Gasteiger partial charge in [0.15, 0.2) is 0 Å². The Morgan fingerprint density at radius 1 is 0.875 bits per heavy atom. The Morgan fingerprint density at radius 3 is 2.05 bits per heavy atom. The maximum absolute atomic E-state index is 14.1. The van der Waals surface area contributed by atoms with E-state index in [-0.39, 0.29) is 28.8 Å². The average molecular weight is 570 g/mol. The number of rotatable bonds is 13. The van der Waals surface area contributed by atoms with E-state index in [1.165, 1.54) is 44.4 Å². The van der Waals surface area contributed by atoms with Gasteiger partial charge >= 0.3 is 0 Å². The molecule has 0 saturated carbocycles. The molecule has 0 aliphatic heterocycles. The van der Waals surface area contributed by atoms with Crippen molar-refractivity contribution in [3.63, 3.8) is 0 Å². The fourth-order valence-electron chi connectivity index (χ4n) is 4.24. The molecule has 214 valence electrons. The molecule has 3 aromatic carbocycles. The molecule has 11 heteroatoms. The third kappa shape index (κ3) is 6.84. The van der Waals surface area contributed by atoms with Crippen LogP contribution in [0.3, 0.4) is 0 Å². The molecule has 0 aliphatic carbocycles. The summed E-state index contributed by atoms with van der Waals surface area (Å²) in [6, 6.07) is 18.8. The molecule has 3 rings (SSSR count). The number of hydrogen-bond acceptors (Lipinski definition) is 7. The zero-order valence-corrected chi connectivity index (χ0v) is 24.1. The predicted octanol–water partition coefficient (Wildman–Crippen LogP) is 3.46. The lowest BCUT2D eigenvalue weighted by Gasteiger charge is -2.33. The Hall–Kier alpha value is -4.25. The summed E-state index contributed by atoms with van der Waals surface area (Å²) in [5.74, 6) is 0.318. The number of carbonyl (C=O) groups excluding carboxylic acids is 2. The quantitative estimate of drug-likeness (QED) is 0.335. The standard InChI is InChI=1S/C29H35N3O7S/c1-6-25(29(34)30-2)31(19-21-12-14-22(37-3)15-13-21)28(33)20-32(40(35,36)24-10-8-7-9-11-24)26-18-23(38-4)16-17-27(26)39-5/h7-18,25H,6,19-20H2,1-5H3,(H,30,34)/t25-/m0/s1. The average Bonchev–Trinajstić information content (AvgIpc) is 2.99. The van der Waals surface area contributed by atoms with Gasteiger partial charge in [0.2, 0.25) is 11.8 Å². The van der Waals surface area contributed by atoms with E-state index in [2.05, 4.69) is 5.32 Å². The van der Waals surface area contributed by atoms with Crippen molar-refractivity contribution in [2.45, 2.75) is 30.8 Å². The van der Waals surface area contributed by atoms with E-state index in [0.29, 0.717) is 17.9 Å². The van der Waals surface area contributed by atoms with Gasteiger partial charge in [-0.05, 0) is 48.4 Å². The van der Waals surface area contributed by atoms with Gasteiger partial charge in [0, 0.05) is 19.7 Å². The van der Waals surface area contributed by atoms with Crippen LogP contribution in [0.2, 0.25) is 0 Å². The third-order valence-electron chi connectivity index (χ3n) is 6.41. The first-order valence-corrected chi connectivity index (χ1v) is 14.1. The minimum atomic E-state index is -4.25. The van der Waals surface area contributed by atoms with Gasteiger partial charge in [0.25, 0.3) is 10.0 Å². The minimum absolute atomic E-state index is 0.00674. The lowest BCUT2D eigenvalue weighted by Crippen LogP contribution is -2.51. The lowest BCUT2D eigenvalue weighted by molar-refractivity contribution is -0.140. The summed E-state index contributed by atoms with van der Waals surface area (Å²) in [4.78, 5) is 28.3. The Balaban J connectivity index is 2.12. The highest BCUT2D eigenvalue weighted by atomic mass is 32.2. The van der Waals surface area contributed by atoms with Crippen LogP contribution >= 0.6 is 0 Å². The molecule has 0 spiro atoms. The zero-order chi connectivity index (χ0) is 29.3. The Morgan fingerprint density at radius 2 is 1.50 bits per heavy atom. The highest BCUT2D eigenvalue weighted by Crippen LogP contribution is 2.36. The second-order valence-electron chi connectivity index (χ2n) is 8.77. The molecule has 40 heavy (non-hydrogen) atoms. The van der Waals surface area contributed by atoms with Gasteiger partial charge in [0.05, 0.1) is 31.9 Å². The lowest BCUT2D eigenvalue weighted by atomic mass is 10.1. The molecule has 3 aromatic rings. The highest BCUT2D eigenvalue weighted by Gasteiger charge is 2.34. The third-order valence-corrected chi connectivity index (χ3v) is 8.18. The van der Waals surface area contributed by atoms with Gasteiger partial charge in [-0.2, -0.15) is 0 Å². The van der Waals surface area contributed by atoms with E-state index in [9.17, 15) is 18.0 Å². The number of amides is 2. The van der Waals surface area contributed by atoms with Gasteiger partial charge in [-0.1, -0.05) is 37.3 Å². The van der Waals surface area contributed by atoms with Crippen LogP contribution in [0.1, 0.15) is 18.9 Å². The molecule has 0 aromatic heterocycles. The van der Waals surface area contributed by atoms with Crippen LogP contribution in [0.4, 0.5) is 5.69 Å². The van der Waals surface area contributed by atoms with Crippen LogP contribution in [0.5, 0.6) is 17.2 Å². The smallest absolute Gasteiger partial charge is 0.264 e. The molecule has 0 aliphatic rings. The van der Waals surface area contributed by atoms with Gasteiger partial charge in [-0.15, -0.1) is 0 Å². The van der Waals surface area contributed by atoms with Gasteiger partial charge in [0.1, 0.15) is 29.8 Å². The van der Waals surface area contributed by atoms with Crippen molar-refractivity contribution >= 4 is 27.5 Å². The van der Waals surface area contributed by atoms with Crippen LogP contribution in [-0.4, -0.2) is 66.1 Å². The molecule has 0 radical (unpaired) electrons. The molecule has 0 unspecified atom stereocenters. The Kier molecular flexibility index (Phi) is 10.4. The molecule has 0 saturated heterocycles. The largest absolute Gasteiger partial charge is 0.497 e. The number of likely N-dealkylation sites (N-methyl/N-ethyl adjacent to an activating group) is 1. The number of carbonyl (C=O) groups is 2. The van der Waals surface area contributed by atoms with Crippen molar-refractivity contribution < 1.29 is 32.2 Å². The highest BCUT2D eigenvalue weighted by molar-refractivity contribution is 7.92. The molecular formula is C29H35N3O7S. The van der Waals surface area contributed by atoms with Crippen LogP contribution in [0, 0.1) is 0 Å². The first-order chi connectivity index (χ1) is 19.2. The molecule has 1 N–H and O–H groups in total. The summed E-state index contributed by atoms with van der Waals surface area (Å²) in [5.41, 5.74) is 0.865. The maximum Gasteiger partial charge on any atom is 0.264 e. The fourth-order valence-corrected chi connectivity index (χ4v) is 5.68. The molecule has 0 heterocycles. The second kappa shape index (κ2) is 13.7. The number of methoxy groups -OCH3 is 3. The van der Waals surface area contributed by atoms with Crippen LogP contribution in [-0.2, 0) is 26.2 Å². The van der Waals surface area contributed by atoms with Crippen molar-refractivity contribution in [1.82, 2.24) is 10.2 Å². The van der Waals surface area contributed by atoms with Gasteiger partial charge in [-0.25, -0.2) is 8.42 Å². The first kappa shape index (κ1) is 30.3. The number of nitrogens with zero attached hydrogens (tertiary/aromatic N) is 2. The van der Waals surface area contributed by atoms with Crippen molar-refractivity contribution in [3.8, 4) is 17.2 Å². The summed E-state index contributed by atoms with van der Waals surface area (Å²) in [6.07, 6.45) is 0.315. The summed E-state index contributed by atoms with van der Waals surface area (Å²) >= 11 is 0. The maximum atomic E-state index is 14.1. The van der Waals surface area contributed by atoms with Crippen molar-refractivity contribution in [2.75, 3.05) is 39.2 Å². The number of ether oxygens (including phenoxy) is 3. The molecule has 0 bridgehead atoms. The van der Waals surface area contributed by atoms with E-state index < -0.39 is 28.5 Å². The van der Waals surface area contributed by atoms with E-state index >= 15 is 0 Å². The van der Waals surface area contributed by atoms with E-state index in [4.69, 9.17) is 14.2 Å². The monoisotopic (exact) mass is 569 g/mol. The van der Waals surface area contributed by atoms with E-state index in [1.807, 2.05) is 0 Å². The number of nitrogens with one attached hydrogen (secondary N) is 1. The summed E-state index contributed by atoms with van der Waals surface area (Å²) in [7, 11) is 1.67. The fraction of sp³-hybridized carbons (Fsp3) is 0.310. The van der Waals surface area contributed by atoms with E-state index in [0.717, 1.165) is 9.87 Å². The van der Waals surface area contributed by atoms with Gasteiger partial charge < -0.3 is 24.4 Å². The van der Waals surface area contributed by atoms with Gasteiger partial charge in [-0.3, -0.25) is 13.9 Å². The second-order valence-corrected chi connectivity index (χ2v) is 10.6. The number of hydrogen-bond donors (Lipinski definition) is 1. The van der Waals surface area contributed by atoms with Crippen LogP contribution < -0.4 is 23.8 Å². The summed E-state index contributed by atoms with van der Waals surface area (Å²) in [5, 5.41) is 2.61. The number of sulfonamides is 1. The molecular weight excluding hydrogens is 534 g/mol. The molecule has 2 amide bonds. The predicted molar refractivity (Wildman–Crippen MR) is 152 cm³/mol. The molecule has 0 fully saturated rings. The van der Waals surface area contributed by atoms with Crippen molar-refractivity contribution in [3.05, 3.63) is 78.4 Å². The topological polar surface area (TPSA) is 114 Å². The number of benzene rings is 3. The molecule has 1 atom stereocenters. The first-order valence-electron chi connectivity index (χ1n) is 12.6. The van der Waals surface area contributed by atoms with Crippen molar-refractivity contribution in [1.29, 1.82) is 0 Å². The summed E-state index contributed by atoms with van der Waals surface area (Å²) in [6.45, 7) is 1.27. The minimum Gasteiger partial charge on any atom is -0.497 e. The SMILES string of the molecule is CC[C@@H](C(=O)NC)N(Cc1ccc(OC)cc1)C(=O)CN(c1cc(OC)ccc1OC)S(=O)(=O)c1ccccc1. The van der Waals surface area contributed by atoms with E-state index in [1.54, 1.807) is 68.6 Å². The van der Waals surface area contributed by atoms with Crippen molar-refractivity contribution in [2.24, 2.45) is 0 Å². The summed E-state index contributed by atoms with van der Waals surface area (Å²) < 4.78 is 45.0. The normalized spacial score (nSPS) is 11.7.